The Bertz CT molecular complexity index is 1130. The minimum atomic E-state index is -0.457. The molecular formula is C23H25NO6. The predicted octanol–water partition coefficient (Wildman–Crippen LogP) is 3.32. The molecule has 0 unspecified atom stereocenters. The highest BCUT2D eigenvalue weighted by molar-refractivity contribution is 5.90. The van der Waals surface area contributed by atoms with E-state index in [1.165, 1.54) is 0 Å². The molecule has 0 aliphatic carbocycles. The number of phenols is 1. The van der Waals surface area contributed by atoms with Gasteiger partial charge in [0.15, 0.2) is 11.5 Å². The number of aryl methyl sites for hydroxylation is 1. The molecule has 2 heterocycles. The second kappa shape index (κ2) is 8.38. The minimum Gasteiger partial charge on any atom is -0.507 e. The summed E-state index contributed by atoms with van der Waals surface area (Å²) in [6.07, 6.45) is 0. The van der Waals surface area contributed by atoms with Gasteiger partial charge in [0.25, 0.3) is 0 Å². The zero-order valence-electron chi connectivity index (χ0n) is 17.4. The van der Waals surface area contributed by atoms with Gasteiger partial charge in [-0.3, -0.25) is 4.90 Å². The van der Waals surface area contributed by atoms with E-state index in [9.17, 15) is 9.90 Å². The van der Waals surface area contributed by atoms with Gasteiger partial charge in [0.2, 0.25) is 0 Å². The van der Waals surface area contributed by atoms with Gasteiger partial charge in [-0.25, -0.2) is 4.79 Å². The van der Waals surface area contributed by atoms with Gasteiger partial charge in [-0.15, -0.1) is 0 Å². The van der Waals surface area contributed by atoms with Crippen molar-refractivity contribution in [2.24, 2.45) is 0 Å². The first-order valence-electron chi connectivity index (χ1n) is 9.84. The number of hydrogen-bond acceptors (Lipinski definition) is 7. The van der Waals surface area contributed by atoms with Gasteiger partial charge in [0, 0.05) is 25.0 Å². The van der Waals surface area contributed by atoms with Crippen LogP contribution in [0.2, 0.25) is 0 Å². The maximum Gasteiger partial charge on any atom is 0.344 e. The van der Waals surface area contributed by atoms with Gasteiger partial charge in [0.05, 0.1) is 38.6 Å². The summed E-state index contributed by atoms with van der Waals surface area (Å²) in [5.74, 6) is 1.24. The standard InChI is InChI=1S/C23H25NO6/c1-14-16-5-6-18(25)17(13-24-8-10-29-11-9-24)22(16)30-23(26)21(14)15-4-7-19(27-2)20(12-15)28-3/h4-7,12,25H,8-11,13H2,1-3H3. The van der Waals surface area contributed by atoms with E-state index in [1.54, 1.807) is 38.5 Å². The third kappa shape index (κ3) is 3.62. The summed E-state index contributed by atoms with van der Waals surface area (Å²) in [4.78, 5) is 15.2. The predicted molar refractivity (Wildman–Crippen MR) is 114 cm³/mol. The van der Waals surface area contributed by atoms with E-state index in [-0.39, 0.29) is 5.75 Å². The second-order valence-electron chi connectivity index (χ2n) is 7.29. The van der Waals surface area contributed by atoms with E-state index in [1.807, 2.05) is 13.0 Å². The van der Waals surface area contributed by atoms with Crippen molar-refractivity contribution in [1.29, 1.82) is 0 Å². The van der Waals surface area contributed by atoms with Crippen LogP contribution in [0.5, 0.6) is 17.2 Å². The lowest BCUT2D eigenvalue weighted by molar-refractivity contribution is 0.0339. The Hall–Kier alpha value is -3.03. The molecule has 7 heteroatoms. The molecule has 1 aliphatic heterocycles. The molecule has 2 aromatic carbocycles. The Morgan fingerprint density at radius 3 is 2.50 bits per heavy atom. The van der Waals surface area contributed by atoms with Crippen LogP contribution in [0.1, 0.15) is 11.1 Å². The molecule has 3 aromatic rings. The number of benzene rings is 2. The van der Waals surface area contributed by atoms with Crippen LogP contribution in [0.3, 0.4) is 0 Å². The molecule has 1 saturated heterocycles. The first-order chi connectivity index (χ1) is 14.5. The van der Waals surface area contributed by atoms with E-state index in [4.69, 9.17) is 18.6 Å². The van der Waals surface area contributed by atoms with Gasteiger partial charge < -0.3 is 23.7 Å². The Morgan fingerprint density at radius 2 is 1.80 bits per heavy atom. The van der Waals surface area contributed by atoms with E-state index in [0.717, 1.165) is 24.0 Å². The molecule has 0 amide bonds. The molecule has 0 bridgehead atoms. The molecule has 0 spiro atoms. The van der Waals surface area contributed by atoms with Gasteiger partial charge in [-0.1, -0.05) is 6.07 Å². The Labute approximate surface area is 174 Å². The Balaban J connectivity index is 1.85. The maximum absolute atomic E-state index is 13.0. The normalized spacial score (nSPS) is 14.8. The number of aromatic hydroxyl groups is 1. The molecule has 1 N–H and O–H groups in total. The summed E-state index contributed by atoms with van der Waals surface area (Å²) < 4.78 is 21.8. The minimum absolute atomic E-state index is 0.121. The van der Waals surface area contributed by atoms with Crippen molar-refractivity contribution in [2.45, 2.75) is 13.5 Å². The van der Waals surface area contributed by atoms with Crippen LogP contribution in [-0.2, 0) is 11.3 Å². The van der Waals surface area contributed by atoms with E-state index < -0.39 is 5.63 Å². The lowest BCUT2D eigenvalue weighted by atomic mass is 9.97. The molecule has 30 heavy (non-hydrogen) atoms. The molecule has 158 valence electrons. The third-order valence-corrected chi connectivity index (χ3v) is 5.57. The molecule has 1 fully saturated rings. The van der Waals surface area contributed by atoms with Crippen LogP contribution in [0.25, 0.3) is 22.1 Å². The average molecular weight is 411 g/mol. The summed E-state index contributed by atoms with van der Waals surface area (Å²) in [6, 6.07) is 8.78. The fourth-order valence-electron chi connectivity index (χ4n) is 3.92. The quantitative estimate of drug-likeness (QED) is 0.645. The number of fused-ring (bicyclic) bond motifs is 1. The largest absolute Gasteiger partial charge is 0.507 e. The van der Waals surface area contributed by atoms with Crippen molar-refractivity contribution in [2.75, 3.05) is 40.5 Å². The highest BCUT2D eigenvalue weighted by Gasteiger charge is 2.21. The zero-order valence-corrected chi connectivity index (χ0v) is 17.4. The van der Waals surface area contributed by atoms with Crippen molar-refractivity contribution in [3.8, 4) is 28.4 Å². The summed E-state index contributed by atoms with van der Waals surface area (Å²) in [5, 5.41) is 11.3. The molecule has 7 nitrogen and oxygen atoms in total. The van der Waals surface area contributed by atoms with Crippen molar-refractivity contribution >= 4 is 11.0 Å². The number of ether oxygens (including phenoxy) is 3. The van der Waals surface area contributed by atoms with Crippen LogP contribution in [0, 0.1) is 6.92 Å². The van der Waals surface area contributed by atoms with Gasteiger partial charge in [0.1, 0.15) is 11.3 Å². The highest BCUT2D eigenvalue weighted by atomic mass is 16.5. The lowest BCUT2D eigenvalue weighted by Gasteiger charge is -2.27. The maximum atomic E-state index is 13.0. The number of methoxy groups -OCH3 is 2. The monoisotopic (exact) mass is 411 g/mol. The van der Waals surface area contributed by atoms with Crippen molar-refractivity contribution < 1.29 is 23.7 Å². The molecule has 1 aliphatic rings. The number of hydrogen-bond donors (Lipinski definition) is 1. The van der Waals surface area contributed by atoms with Crippen LogP contribution < -0.4 is 15.1 Å². The summed E-state index contributed by atoms with van der Waals surface area (Å²) in [5.41, 5.74) is 2.52. The molecule has 1 aromatic heterocycles. The Morgan fingerprint density at radius 1 is 1.07 bits per heavy atom. The van der Waals surface area contributed by atoms with E-state index in [0.29, 0.717) is 53.5 Å². The molecular weight excluding hydrogens is 386 g/mol. The van der Waals surface area contributed by atoms with Crippen LogP contribution in [0.15, 0.2) is 39.5 Å². The third-order valence-electron chi connectivity index (χ3n) is 5.57. The first kappa shape index (κ1) is 20.3. The summed E-state index contributed by atoms with van der Waals surface area (Å²) in [7, 11) is 3.12. The fraction of sp³-hybridized carbons (Fsp3) is 0.348. The lowest BCUT2D eigenvalue weighted by Crippen LogP contribution is -2.35. The number of phenolic OH excluding ortho intramolecular Hbond substituents is 1. The number of nitrogens with zero attached hydrogens (tertiary/aromatic N) is 1. The van der Waals surface area contributed by atoms with Gasteiger partial charge >= 0.3 is 5.63 Å². The number of rotatable bonds is 5. The molecule has 0 atom stereocenters. The van der Waals surface area contributed by atoms with Crippen molar-refractivity contribution in [1.82, 2.24) is 4.90 Å². The SMILES string of the molecule is COc1ccc(-c2c(C)c3ccc(O)c(CN4CCOCC4)c3oc2=O)cc1OC. The fourth-order valence-corrected chi connectivity index (χ4v) is 3.92. The van der Waals surface area contributed by atoms with Crippen LogP contribution >= 0.6 is 0 Å². The molecule has 0 radical (unpaired) electrons. The number of morpholine rings is 1. The average Bonchev–Trinajstić information content (AvgIpc) is 2.76. The summed E-state index contributed by atoms with van der Waals surface area (Å²) >= 11 is 0. The topological polar surface area (TPSA) is 81.4 Å². The van der Waals surface area contributed by atoms with Crippen molar-refractivity contribution in [3.05, 3.63) is 51.9 Å². The van der Waals surface area contributed by atoms with Gasteiger partial charge in [-0.05, 0) is 42.3 Å². The van der Waals surface area contributed by atoms with E-state index in [2.05, 4.69) is 4.90 Å². The van der Waals surface area contributed by atoms with Gasteiger partial charge in [-0.2, -0.15) is 0 Å². The van der Waals surface area contributed by atoms with Crippen molar-refractivity contribution in [3.63, 3.8) is 0 Å². The highest BCUT2D eigenvalue weighted by Crippen LogP contribution is 2.36. The first-order valence-corrected chi connectivity index (χ1v) is 9.84. The van der Waals surface area contributed by atoms with E-state index >= 15 is 0 Å². The Kier molecular flexibility index (Phi) is 5.65. The zero-order chi connectivity index (χ0) is 21.3. The smallest absolute Gasteiger partial charge is 0.344 e. The summed E-state index contributed by atoms with van der Waals surface area (Å²) in [6.45, 7) is 5.22. The molecule has 4 rings (SSSR count). The second-order valence-corrected chi connectivity index (χ2v) is 7.29. The molecule has 0 saturated carbocycles. The van der Waals surface area contributed by atoms with Crippen LogP contribution in [-0.4, -0.2) is 50.5 Å². The van der Waals surface area contributed by atoms with Crippen LogP contribution in [0.4, 0.5) is 0 Å².